The summed E-state index contributed by atoms with van der Waals surface area (Å²) >= 11 is 3.45. The predicted molar refractivity (Wildman–Crippen MR) is 86.2 cm³/mol. The number of nitrogen functional groups attached to an aromatic ring is 1. The van der Waals surface area contributed by atoms with E-state index in [1.165, 1.54) is 0 Å². The third kappa shape index (κ3) is 3.17. The number of rotatable bonds is 4. The first-order valence-corrected chi connectivity index (χ1v) is 7.05. The van der Waals surface area contributed by atoms with Gasteiger partial charge in [-0.2, -0.15) is 0 Å². The summed E-state index contributed by atoms with van der Waals surface area (Å²) in [6.07, 6.45) is 0. The molecule has 4 nitrogen and oxygen atoms in total. The van der Waals surface area contributed by atoms with Crippen LogP contribution in [0.1, 0.15) is 17.0 Å². The summed E-state index contributed by atoms with van der Waals surface area (Å²) in [5, 5.41) is 7.73. The molecular formula is C15H17BrN4. The van der Waals surface area contributed by atoms with E-state index in [1.54, 1.807) is 0 Å². The fourth-order valence-electron chi connectivity index (χ4n) is 2.11. The molecule has 5 heteroatoms. The van der Waals surface area contributed by atoms with E-state index in [9.17, 15) is 0 Å². The van der Waals surface area contributed by atoms with Crippen molar-refractivity contribution in [2.24, 2.45) is 5.73 Å². The molecule has 20 heavy (non-hydrogen) atoms. The molecule has 0 aliphatic rings. The van der Waals surface area contributed by atoms with Gasteiger partial charge >= 0.3 is 0 Å². The van der Waals surface area contributed by atoms with Crippen LogP contribution in [-0.2, 0) is 6.54 Å². The zero-order valence-electron chi connectivity index (χ0n) is 11.5. The number of halogens is 1. The van der Waals surface area contributed by atoms with E-state index in [4.69, 9.17) is 11.1 Å². The largest absolute Gasteiger partial charge is 0.384 e. The average molecular weight is 333 g/mol. The van der Waals surface area contributed by atoms with E-state index >= 15 is 0 Å². The number of benzene rings is 1. The molecule has 0 fully saturated rings. The maximum absolute atomic E-state index is 7.73. The lowest BCUT2D eigenvalue weighted by atomic mass is 10.1. The van der Waals surface area contributed by atoms with Crippen LogP contribution in [0.5, 0.6) is 0 Å². The fourth-order valence-corrected chi connectivity index (χ4v) is 2.68. The Bertz CT molecular complexity index is 640. The van der Waals surface area contributed by atoms with Crippen LogP contribution in [0.25, 0.3) is 0 Å². The molecule has 1 aromatic heterocycles. The lowest BCUT2D eigenvalue weighted by molar-refractivity contribution is 0.875. The van der Waals surface area contributed by atoms with Crippen LogP contribution in [-0.4, -0.2) is 17.9 Å². The Morgan fingerprint density at radius 3 is 2.65 bits per heavy atom. The van der Waals surface area contributed by atoms with Crippen molar-refractivity contribution < 1.29 is 0 Å². The molecule has 3 N–H and O–H groups in total. The molecule has 0 amide bonds. The Morgan fingerprint density at radius 1 is 1.30 bits per heavy atom. The van der Waals surface area contributed by atoms with Gasteiger partial charge in [-0.05, 0) is 47.1 Å². The first kappa shape index (κ1) is 14.5. The Balaban J connectivity index is 2.32. The highest BCUT2D eigenvalue weighted by Gasteiger charge is 2.13. The van der Waals surface area contributed by atoms with Gasteiger partial charge < -0.3 is 10.6 Å². The molecular weight excluding hydrogens is 316 g/mol. The van der Waals surface area contributed by atoms with E-state index in [1.807, 2.05) is 55.3 Å². The lowest BCUT2D eigenvalue weighted by Crippen LogP contribution is -2.23. The predicted octanol–water partition coefficient (Wildman–Crippen LogP) is 3.07. The van der Waals surface area contributed by atoms with Crippen molar-refractivity contribution in [2.45, 2.75) is 13.5 Å². The molecule has 1 aromatic carbocycles. The third-order valence-electron chi connectivity index (χ3n) is 3.02. The van der Waals surface area contributed by atoms with Crippen LogP contribution in [0, 0.1) is 12.3 Å². The zero-order chi connectivity index (χ0) is 14.7. The van der Waals surface area contributed by atoms with Gasteiger partial charge in [-0.25, -0.2) is 0 Å². The van der Waals surface area contributed by atoms with Crippen molar-refractivity contribution in [3.8, 4) is 0 Å². The maximum atomic E-state index is 7.73. The molecule has 1 heterocycles. The molecule has 0 spiro atoms. The zero-order valence-corrected chi connectivity index (χ0v) is 13.1. The fraction of sp³-hybridized carbons (Fsp3) is 0.200. The Morgan fingerprint density at radius 2 is 2.00 bits per heavy atom. The minimum atomic E-state index is 0.0523. The Kier molecular flexibility index (Phi) is 4.39. The summed E-state index contributed by atoms with van der Waals surface area (Å²) in [6, 6.07) is 11.7. The van der Waals surface area contributed by atoms with Crippen molar-refractivity contribution >= 4 is 27.5 Å². The SMILES string of the molecule is Cc1cccc(CN(C)c2cccc(Br)c2C(=N)N)n1. The second-order valence-electron chi connectivity index (χ2n) is 4.67. The minimum Gasteiger partial charge on any atom is -0.384 e. The Labute approximate surface area is 127 Å². The number of anilines is 1. The monoisotopic (exact) mass is 332 g/mol. The number of amidine groups is 1. The van der Waals surface area contributed by atoms with Crippen molar-refractivity contribution in [3.05, 3.63) is 57.8 Å². The first-order chi connectivity index (χ1) is 9.49. The van der Waals surface area contributed by atoms with Crippen LogP contribution in [0.2, 0.25) is 0 Å². The quantitative estimate of drug-likeness (QED) is 0.667. The smallest absolute Gasteiger partial charge is 0.126 e. The normalized spacial score (nSPS) is 10.3. The standard InChI is InChI=1S/C15H17BrN4/c1-10-5-3-6-11(19-10)9-20(2)13-8-4-7-12(16)14(13)15(17)18/h3-8H,9H2,1-2H3,(H3,17,18). The first-order valence-electron chi connectivity index (χ1n) is 6.25. The van der Waals surface area contributed by atoms with Gasteiger partial charge in [-0.1, -0.05) is 12.1 Å². The van der Waals surface area contributed by atoms with Crippen LogP contribution >= 0.6 is 15.9 Å². The van der Waals surface area contributed by atoms with Crippen molar-refractivity contribution in [2.75, 3.05) is 11.9 Å². The second-order valence-corrected chi connectivity index (χ2v) is 5.53. The van der Waals surface area contributed by atoms with E-state index in [0.717, 1.165) is 21.5 Å². The third-order valence-corrected chi connectivity index (χ3v) is 3.68. The summed E-state index contributed by atoms with van der Waals surface area (Å²) in [6.45, 7) is 2.64. The number of nitrogens with two attached hydrogens (primary N) is 1. The van der Waals surface area contributed by atoms with E-state index in [2.05, 4.69) is 20.9 Å². The molecule has 0 aliphatic carbocycles. The van der Waals surface area contributed by atoms with Gasteiger partial charge in [0, 0.05) is 22.9 Å². The number of nitrogens with zero attached hydrogens (tertiary/aromatic N) is 2. The van der Waals surface area contributed by atoms with Gasteiger partial charge in [0.15, 0.2) is 0 Å². The number of nitrogens with one attached hydrogen (secondary N) is 1. The molecule has 0 atom stereocenters. The summed E-state index contributed by atoms with van der Waals surface area (Å²) in [4.78, 5) is 6.54. The molecule has 0 radical (unpaired) electrons. The van der Waals surface area contributed by atoms with Gasteiger partial charge in [-0.15, -0.1) is 0 Å². The maximum Gasteiger partial charge on any atom is 0.126 e. The lowest BCUT2D eigenvalue weighted by Gasteiger charge is -2.22. The molecule has 0 bridgehead atoms. The highest BCUT2D eigenvalue weighted by molar-refractivity contribution is 9.10. The Hall–Kier alpha value is -1.88. The van der Waals surface area contributed by atoms with Crippen molar-refractivity contribution in [1.29, 1.82) is 5.41 Å². The number of aromatic nitrogens is 1. The highest BCUT2D eigenvalue weighted by atomic mass is 79.9. The molecule has 0 saturated heterocycles. The summed E-state index contributed by atoms with van der Waals surface area (Å²) in [7, 11) is 1.97. The van der Waals surface area contributed by atoms with Gasteiger partial charge in [0.2, 0.25) is 0 Å². The van der Waals surface area contributed by atoms with E-state index in [0.29, 0.717) is 12.1 Å². The molecule has 0 unspecified atom stereocenters. The van der Waals surface area contributed by atoms with Crippen LogP contribution in [0.15, 0.2) is 40.9 Å². The number of aryl methyl sites for hydroxylation is 1. The number of pyridine rings is 1. The molecule has 0 saturated carbocycles. The van der Waals surface area contributed by atoms with Crippen LogP contribution in [0.3, 0.4) is 0 Å². The van der Waals surface area contributed by atoms with Gasteiger partial charge in [0.05, 0.1) is 17.8 Å². The second kappa shape index (κ2) is 6.05. The van der Waals surface area contributed by atoms with Crippen LogP contribution in [0.4, 0.5) is 5.69 Å². The van der Waals surface area contributed by atoms with Crippen LogP contribution < -0.4 is 10.6 Å². The summed E-state index contributed by atoms with van der Waals surface area (Å²) in [5.74, 6) is 0.0523. The van der Waals surface area contributed by atoms with Gasteiger partial charge in [0.1, 0.15) is 5.84 Å². The van der Waals surface area contributed by atoms with Gasteiger partial charge in [0.25, 0.3) is 0 Å². The van der Waals surface area contributed by atoms with E-state index < -0.39 is 0 Å². The van der Waals surface area contributed by atoms with Gasteiger partial charge in [-0.3, -0.25) is 10.4 Å². The summed E-state index contributed by atoms with van der Waals surface area (Å²) < 4.78 is 0.826. The number of hydrogen-bond donors (Lipinski definition) is 2. The average Bonchev–Trinajstić information content (AvgIpc) is 2.37. The number of hydrogen-bond acceptors (Lipinski definition) is 3. The topological polar surface area (TPSA) is 66.0 Å². The highest BCUT2D eigenvalue weighted by Crippen LogP contribution is 2.27. The minimum absolute atomic E-state index is 0.0523. The molecule has 0 aliphatic heterocycles. The van der Waals surface area contributed by atoms with Crippen molar-refractivity contribution in [3.63, 3.8) is 0 Å². The molecule has 2 aromatic rings. The van der Waals surface area contributed by atoms with E-state index in [-0.39, 0.29) is 5.84 Å². The summed E-state index contributed by atoms with van der Waals surface area (Å²) in [5.41, 5.74) is 9.29. The molecule has 104 valence electrons. The molecule has 2 rings (SSSR count). The van der Waals surface area contributed by atoms with Crippen molar-refractivity contribution in [1.82, 2.24) is 4.98 Å².